The lowest BCUT2D eigenvalue weighted by atomic mass is 9.88. The average molecular weight is 2000 g/mol. The van der Waals surface area contributed by atoms with Gasteiger partial charge in [0.05, 0.1) is 101 Å². The van der Waals surface area contributed by atoms with Crippen LogP contribution in [0.3, 0.4) is 0 Å². The Kier molecular flexibility index (Phi) is 45.4. The number of aliphatic hydroxyl groups is 16. The second-order valence-electron chi connectivity index (χ2n) is 35.7. The van der Waals surface area contributed by atoms with Gasteiger partial charge >= 0.3 is 11.9 Å². The SMILES string of the molecule is C/C=N\C=C(/C)C[C@H](N)C(=O)NCC(=O)N[C@H](C(=O)N[C@H](C(=O)N[C@@H](CO)C(=O)N[C@@H](C)C(=O)N1CCC[C@H]1C(=O)N[C@@H](CC(=O)O)C(=O)N[C@H](C(=O)N[C@@H](CCCC)C(=O)N1CCC[C@H]1C(C)=O)C(C)O[C@H]1OC(CO[C@@H]2OC(CO)[C@@H](O[C@@H]3OC(CO)[C@H](O)C(O)[C@@H]3O)C(O)[C@@H]2N)[C@H](O)[C@H](O[C@@H]2OC(CO)[C@H](O)C(O[C@]3(C(=O)O)C[C@@H](O)[C@@H](N)C([C@H](O)[C@H](O)CO)O3)[C@@H]2O)C1N)C(C)O)C(C)C. The lowest BCUT2D eigenvalue weighted by molar-refractivity contribution is -0.382. The van der Waals surface area contributed by atoms with Crippen molar-refractivity contribution in [1.29, 1.82) is 0 Å². The van der Waals surface area contributed by atoms with Crippen LogP contribution in [0.2, 0.25) is 0 Å². The van der Waals surface area contributed by atoms with Crippen molar-refractivity contribution in [2.24, 2.45) is 33.8 Å². The molecule has 0 saturated carbocycles. The summed E-state index contributed by atoms with van der Waals surface area (Å²) < 4.78 is 59.3. The highest BCUT2D eigenvalue weighted by Crippen LogP contribution is 2.40. The Morgan fingerprint density at radius 2 is 1.11 bits per heavy atom. The van der Waals surface area contributed by atoms with Gasteiger partial charge < -0.3 is 215 Å². The van der Waals surface area contributed by atoms with Crippen molar-refractivity contribution < 1.29 is 202 Å². The molecule has 7 aliphatic rings. The van der Waals surface area contributed by atoms with E-state index in [1.165, 1.54) is 38.1 Å². The number of Topliss-reactive ketones (excluding diaryl/α,β-unsaturated/α-hetero) is 1. The lowest BCUT2D eigenvalue weighted by Crippen LogP contribution is -2.70. The summed E-state index contributed by atoms with van der Waals surface area (Å²) in [7, 11) is 0. The second kappa shape index (κ2) is 53.7. The zero-order valence-corrected chi connectivity index (χ0v) is 78.1. The van der Waals surface area contributed by atoms with E-state index in [4.69, 9.17) is 70.3 Å². The normalized spacial score (nSPS) is 33.3. The first-order valence-corrected chi connectivity index (χ1v) is 45.6. The Balaban J connectivity index is 1.18. The van der Waals surface area contributed by atoms with Crippen molar-refractivity contribution >= 4 is 83.0 Å². The van der Waals surface area contributed by atoms with Gasteiger partial charge in [-0.15, -0.1) is 0 Å². The van der Waals surface area contributed by atoms with Gasteiger partial charge in [-0.05, 0) is 86.0 Å². The number of carbonyl (C=O) groups is 13. The number of hydrogen-bond acceptors (Lipinski definition) is 44. The molecule has 38 atom stereocenters. The Morgan fingerprint density at radius 3 is 1.68 bits per heavy atom. The molecule has 7 saturated heterocycles. The van der Waals surface area contributed by atoms with Crippen LogP contribution in [-0.4, -0.2) is 476 Å². The van der Waals surface area contributed by atoms with Crippen LogP contribution in [0.5, 0.6) is 0 Å². The number of aliphatic imine (C=N–C) groups is 1. The molecular weight excluding hydrogens is 1860 g/mol. The number of ketones is 1. The van der Waals surface area contributed by atoms with E-state index < -0.39 is 373 Å². The maximum absolute atomic E-state index is 15.5. The zero-order chi connectivity index (χ0) is 104. The first-order chi connectivity index (χ1) is 65.4. The van der Waals surface area contributed by atoms with E-state index in [2.05, 4.69) is 47.5 Å². The highest BCUT2D eigenvalue weighted by atomic mass is 16.8. The number of nitrogens with zero attached hydrogens (tertiary/aromatic N) is 3. The number of nitrogens with one attached hydrogen (secondary N) is 8. The number of hydrogen-bond donors (Lipinski definition) is 30. The average Bonchev–Trinajstić information content (AvgIpc) is 1.15. The Hall–Kier alpha value is -8.48. The molecule has 11 unspecified atom stereocenters. The predicted octanol–water partition coefficient (Wildman–Crippen LogP) is -15.9. The molecule has 7 heterocycles. The van der Waals surface area contributed by atoms with Gasteiger partial charge in [0.2, 0.25) is 59.1 Å². The fourth-order valence-corrected chi connectivity index (χ4v) is 16.8. The van der Waals surface area contributed by atoms with E-state index in [9.17, 15) is 145 Å². The minimum atomic E-state index is -3.28. The molecule has 56 heteroatoms. The van der Waals surface area contributed by atoms with E-state index in [1.54, 1.807) is 20.8 Å². The number of unbranched alkanes of at least 4 members (excludes halogenated alkanes) is 1. The van der Waals surface area contributed by atoms with Crippen LogP contribution in [0.15, 0.2) is 16.8 Å². The Labute approximate surface area is 797 Å². The standard InChI is InChI=1S/C83H139N15O41/c1-10-12-15-38(77(127)97-18-13-16-41(97)34(7)104)91-75(125)56(96-70(120)39(21-50(109)110)92-72(122)42-17-14-19-98(42)76(126)33(6)90-71(121)40(25-99)93-74(124)55(35(8)105)95-73(123)54(31(3)4)94-49(108)24-89-69(119)37(84)20-32(5)23-88-11-2)36(9)131-79-53(87)66(60(114)48(135-79)30-130-78-52(86)61(115)65(47(29-103)134-78)136-80-63(117)62(116)58(112)45(27-101)132-80)137-81-64(118)68(59(113)46(28-102)133-81)139-83(82(128)129)22-43(106)51(85)67(138-83)57(111)44(107)26-100/h11,23,31,33,35-48,51-68,78-81,99-103,105-107,111-118H,10,12-22,24-30,84-87H2,1-9H3,(H,89,119)(H,90,121)(H,91,125)(H,92,122)(H,93,124)(H,94,108)(H,95,123)(H,96,120)(H,109,110)(H,128,129)/b32-23+,88-11-/t33-,35?,36?,37-,38-,39-,40-,41-,42-,43+,44+,45?,46?,47?,48?,51+,52-,53?,54-,55-,56-,57+,58-,59-,60-,61?,62?,63-,64-,65+,66+,67?,68?,78+,79-,80-,81-,83-/m0/s1. The van der Waals surface area contributed by atoms with Gasteiger partial charge in [-0.1, -0.05) is 39.2 Å². The largest absolute Gasteiger partial charge is 0.481 e. The molecule has 792 valence electrons. The van der Waals surface area contributed by atoms with E-state index in [0.717, 1.165) is 25.7 Å². The number of likely N-dealkylation sites (tertiary alicyclic amines) is 2. The number of rotatable bonds is 49. The van der Waals surface area contributed by atoms with Gasteiger partial charge in [-0.3, -0.25) is 62.5 Å². The van der Waals surface area contributed by atoms with Crippen molar-refractivity contribution in [3.05, 3.63) is 11.8 Å². The molecule has 34 N–H and O–H groups in total. The second-order valence-corrected chi connectivity index (χ2v) is 35.7. The zero-order valence-electron chi connectivity index (χ0n) is 78.1. The maximum atomic E-state index is 15.5. The molecule has 0 aromatic rings. The molecule has 10 amide bonds. The van der Waals surface area contributed by atoms with Crippen LogP contribution in [-0.2, 0) is 110 Å². The molecular formula is C83H139N15O41. The quantitative estimate of drug-likeness (QED) is 0.0252. The van der Waals surface area contributed by atoms with Crippen molar-refractivity contribution in [2.75, 3.05) is 59.3 Å². The molecule has 0 spiro atoms. The maximum Gasteiger partial charge on any atom is 0.364 e. The van der Waals surface area contributed by atoms with E-state index in [0.29, 0.717) is 18.4 Å². The summed E-state index contributed by atoms with van der Waals surface area (Å²) in [6, 6.07) is -22.2. The van der Waals surface area contributed by atoms with Gasteiger partial charge in [-0.25, -0.2) is 4.79 Å². The number of nitrogens with two attached hydrogens (primary N) is 4. The van der Waals surface area contributed by atoms with Crippen molar-refractivity contribution in [3.63, 3.8) is 0 Å². The summed E-state index contributed by atoms with van der Waals surface area (Å²) >= 11 is 0. The summed E-state index contributed by atoms with van der Waals surface area (Å²) in [4.78, 5) is 187. The number of aliphatic carboxylic acids is 2. The van der Waals surface area contributed by atoms with Crippen molar-refractivity contribution in [1.82, 2.24) is 52.3 Å². The third kappa shape index (κ3) is 30.1. The fourth-order valence-electron chi connectivity index (χ4n) is 16.8. The minimum absolute atomic E-state index is 0.0384. The van der Waals surface area contributed by atoms with Gasteiger partial charge in [-0.2, -0.15) is 0 Å². The summed E-state index contributed by atoms with van der Waals surface area (Å²) in [5.41, 5.74) is 26.1. The molecule has 0 aromatic carbocycles. The highest BCUT2D eigenvalue weighted by molar-refractivity contribution is 6.00. The molecule has 7 rings (SSSR count). The Morgan fingerprint density at radius 1 is 0.554 bits per heavy atom. The van der Waals surface area contributed by atoms with Gasteiger partial charge in [0.15, 0.2) is 30.9 Å². The number of carboxylic acid groups (broad SMARTS) is 2. The van der Waals surface area contributed by atoms with Crippen LogP contribution in [0, 0.1) is 5.92 Å². The minimum Gasteiger partial charge on any atom is -0.481 e. The number of ether oxygens (including phenoxy) is 10. The molecule has 0 radical (unpaired) electrons. The van der Waals surface area contributed by atoms with Gasteiger partial charge in [0.1, 0.15) is 152 Å². The molecule has 0 aliphatic carbocycles. The van der Waals surface area contributed by atoms with Crippen LogP contribution in [0.4, 0.5) is 0 Å². The van der Waals surface area contributed by atoms with Crippen LogP contribution in [0.1, 0.15) is 127 Å². The van der Waals surface area contributed by atoms with Crippen LogP contribution < -0.4 is 65.5 Å². The van der Waals surface area contributed by atoms with Crippen LogP contribution >= 0.6 is 0 Å². The van der Waals surface area contributed by atoms with Crippen molar-refractivity contribution in [2.45, 2.75) is 358 Å². The lowest BCUT2D eigenvalue weighted by Gasteiger charge is -2.50. The van der Waals surface area contributed by atoms with Crippen LogP contribution in [0.25, 0.3) is 0 Å². The molecule has 7 aliphatic heterocycles. The summed E-state index contributed by atoms with van der Waals surface area (Å²) in [6.45, 7) is 5.19. The first-order valence-electron chi connectivity index (χ1n) is 45.6. The topological polar surface area (TPSA) is 898 Å². The number of aliphatic hydroxyl groups excluding tert-OH is 16. The van der Waals surface area contributed by atoms with E-state index in [-0.39, 0.29) is 51.6 Å². The molecule has 139 heavy (non-hydrogen) atoms. The molecule has 0 aromatic heterocycles. The number of carbonyl (C=O) groups excluding carboxylic acids is 11. The smallest absolute Gasteiger partial charge is 0.364 e. The molecule has 0 bridgehead atoms. The third-order valence-corrected chi connectivity index (χ3v) is 24.8. The number of amides is 10. The van der Waals surface area contributed by atoms with Gasteiger partial charge in [0.25, 0.3) is 5.79 Å². The fraction of sp³-hybridized carbons (Fsp3) is 0.807. The van der Waals surface area contributed by atoms with E-state index >= 15 is 9.59 Å². The molecule has 7 fully saturated rings. The first kappa shape index (κ1) is 117. The van der Waals surface area contributed by atoms with Crippen molar-refractivity contribution in [3.8, 4) is 0 Å². The summed E-state index contributed by atoms with van der Waals surface area (Å²) in [6.07, 6.45) is -48.2. The summed E-state index contributed by atoms with van der Waals surface area (Å²) in [5, 5.41) is 215. The highest BCUT2D eigenvalue weighted by Gasteiger charge is 2.61. The Bertz CT molecular complexity index is 4170. The predicted molar refractivity (Wildman–Crippen MR) is 466 cm³/mol. The van der Waals surface area contributed by atoms with Gasteiger partial charge in [0, 0.05) is 31.9 Å². The summed E-state index contributed by atoms with van der Waals surface area (Å²) in [5.74, 6) is -19.3. The molecule has 56 nitrogen and oxygen atoms in total. The van der Waals surface area contributed by atoms with E-state index in [1.807, 2.05) is 0 Å². The monoisotopic (exact) mass is 2000 g/mol. The number of carboxylic acids is 2. The third-order valence-electron chi connectivity index (χ3n) is 24.8.